The highest BCUT2D eigenvalue weighted by Gasteiger charge is 2.07. The molecule has 0 aliphatic rings. The van der Waals surface area contributed by atoms with Gasteiger partial charge in [0.2, 0.25) is 5.91 Å². The molecule has 6 nitrogen and oxygen atoms in total. The fraction of sp³-hybridized carbons (Fsp3) is 0.400. The topological polar surface area (TPSA) is 84.0 Å². The molecule has 0 fully saturated rings. The number of hydrogen-bond acceptors (Lipinski definition) is 5. The number of amides is 2. The molecule has 2 amide bonds. The van der Waals surface area contributed by atoms with Crippen LogP contribution in [0.4, 0.5) is 0 Å². The lowest BCUT2D eigenvalue weighted by molar-refractivity contribution is -0.120. The van der Waals surface area contributed by atoms with Gasteiger partial charge in [-0.15, -0.1) is 0 Å². The van der Waals surface area contributed by atoms with E-state index in [1.165, 1.54) is 18.6 Å². The Morgan fingerprint density at radius 3 is 2.71 bits per heavy atom. The molecule has 0 bridgehead atoms. The van der Waals surface area contributed by atoms with E-state index in [2.05, 4.69) is 33.2 Å². The number of carbonyl (C=O) groups excluding carboxylic acids is 2. The molecule has 1 aromatic rings. The van der Waals surface area contributed by atoms with Gasteiger partial charge in [-0.1, -0.05) is 0 Å². The van der Waals surface area contributed by atoms with Crippen LogP contribution in [0.2, 0.25) is 0 Å². The Kier molecular flexibility index (Phi) is 6.02. The van der Waals surface area contributed by atoms with E-state index < -0.39 is 0 Å². The zero-order chi connectivity index (χ0) is 12.5. The van der Waals surface area contributed by atoms with Gasteiger partial charge in [-0.05, 0) is 0 Å². The minimum Gasteiger partial charge on any atom is -0.355 e. The first-order valence-corrected chi connectivity index (χ1v) is 5.79. The summed E-state index contributed by atoms with van der Waals surface area (Å²) < 4.78 is 0. The predicted octanol–water partition coefficient (Wildman–Crippen LogP) is -0.358. The third-order valence-corrected chi connectivity index (χ3v) is 2.09. The molecule has 17 heavy (non-hydrogen) atoms. The van der Waals surface area contributed by atoms with Crippen molar-refractivity contribution in [3.05, 3.63) is 24.3 Å². The summed E-state index contributed by atoms with van der Waals surface area (Å²) in [7, 11) is 0. The smallest absolute Gasteiger partial charge is 0.271 e. The van der Waals surface area contributed by atoms with Crippen molar-refractivity contribution in [2.45, 2.75) is 6.42 Å². The van der Waals surface area contributed by atoms with Gasteiger partial charge >= 0.3 is 0 Å². The first-order chi connectivity index (χ1) is 8.24. The number of aromatic nitrogens is 2. The second kappa shape index (κ2) is 7.61. The number of carbonyl (C=O) groups is 2. The second-order valence-electron chi connectivity index (χ2n) is 3.17. The van der Waals surface area contributed by atoms with Gasteiger partial charge in [-0.2, -0.15) is 12.6 Å². The van der Waals surface area contributed by atoms with Gasteiger partial charge in [-0.25, -0.2) is 4.98 Å². The van der Waals surface area contributed by atoms with Gasteiger partial charge in [0.25, 0.3) is 5.91 Å². The van der Waals surface area contributed by atoms with Gasteiger partial charge in [0.15, 0.2) is 0 Å². The average molecular weight is 254 g/mol. The normalized spacial score (nSPS) is 9.71. The van der Waals surface area contributed by atoms with Crippen LogP contribution in [-0.2, 0) is 4.79 Å². The highest BCUT2D eigenvalue weighted by Crippen LogP contribution is 1.89. The van der Waals surface area contributed by atoms with Crippen LogP contribution in [0, 0.1) is 0 Å². The van der Waals surface area contributed by atoms with Crippen LogP contribution in [-0.4, -0.2) is 40.6 Å². The zero-order valence-corrected chi connectivity index (χ0v) is 10.1. The standard InChI is InChI=1S/C10H14N4O2S/c15-9(13-5-6-17)1-2-14-10(16)8-7-11-3-4-12-8/h3-4,7,17H,1-2,5-6H2,(H,13,15)(H,14,16). The molecule has 0 unspecified atom stereocenters. The maximum Gasteiger partial charge on any atom is 0.271 e. The Bertz CT molecular complexity index is 372. The molecule has 92 valence electrons. The van der Waals surface area contributed by atoms with Crippen LogP contribution in [0.1, 0.15) is 16.9 Å². The molecule has 0 spiro atoms. The minimum atomic E-state index is -0.333. The molecular weight excluding hydrogens is 240 g/mol. The van der Waals surface area contributed by atoms with Gasteiger partial charge in [-0.3, -0.25) is 14.6 Å². The Morgan fingerprint density at radius 2 is 2.06 bits per heavy atom. The summed E-state index contributed by atoms with van der Waals surface area (Å²) in [6.07, 6.45) is 4.53. The Balaban J connectivity index is 2.23. The minimum absolute atomic E-state index is 0.113. The molecule has 1 rings (SSSR count). The number of nitrogens with one attached hydrogen (secondary N) is 2. The molecule has 0 saturated heterocycles. The number of hydrogen-bond donors (Lipinski definition) is 3. The predicted molar refractivity (Wildman–Crippen MR) is 65.8 cm³/mol. The van der Waals surface area contributed by atoms with Crippen molar-refractivity contribution < 1.29 is 9.59 Å². The largest absolute Gasteiger partial charge is 0.355 e. The van der Waals surface area contributed by atoms with E-state index in [4.69, 9.17) is 0 Å². The number of thiol groups is 1. The van der Waals surface area contributed by atoms with Crippen molar-refractivity contribution in [1.82, 2.24) is 20.6 Å². The first-order valence-electron chi connectivity index (χ1n) is 5.16. The Labute approximate surface area is 105 Å². The van der Waals surface area contributed by atoms with Gasteiger partial charge in [0, 0.05) is 37.7 Å². The molecular formula is C10H14N4O2S. The van der Waals surface area contributed by atoms with Crippen molar-refractivity contribution in [2.75, 3.05) is 18.8 Å². The number of nitrogens with zero attached hydrogens (tertiary/aromatic N) is 2. The maximum atomic E-state index is 11.5. The van der Waals surface area contributed by atoms with Crippen molar-refractivity contribution in [2.24, 2.45) is 0 Å². The zero-order valence-electron chi connectivity index (χ0n) is 9.22. The lowest BCUT2D eigenvalue weighted by atomic mass is 10.3. The summed E-state index contributed by atoms with van der Waals surface area (Å²) in [4.78, 5) is 30.3. The van der Waals surface area contributed by atoms with Crippen molar-refractivity contribution >= 4 is 24.4 Å². The van der Waals surface area contributed by atoms with Gasteiger partial charge in [0.05, 0.1) is 6.20 Å². The summed E-state index contributed by atoms with van der Waals surface area (Å²) in [5, 5.41) is 5.24. The fourth-order valence-electron chi connectivity index (χ4n) is 1.08. The fourth-order valence-corrected chi connectivity index (χ4v) is 1.19. The summed E-state index contributed by atoms with van der Waals surface area (Å²) in [6.45, 7) is 0.799. The summed E-state index contributed by atoms with van der Waals surface area (Å²) in [5.74, 6) is 0.149. The van der Waals surface area contributed by atoms with E-state index in [0.717, 1.165) is 0 Å². The quantitative estimate of drug-likeness (QED) is 0.605. The Hall–Kier alpha value is -1.63. The lowest BCUT2D eigenvalue weighted by Crippen LogP contribution is -2.31. The SMILES string of the molecule is O=C(CCNC(=O)c1cnccn1)NCCS. The summed E-state index contributed by atoms with van der Waals surface area (Å²) in [5.41, 5.74) is 0.239. The van der Waals surface area contributed by atoms with E-state index >= 15 is 0 Å². The highest BCUT2D eigenvalue weighted by atomic mass is 32.1. The van der Waals surface area contributed by atoms with E-state index in [1.807, 2.05) is 0 Å². The molecule has 0 atom stereocenters. The van der Waals surface area contributed by atoms with Gasteiger partial charge < -0.3 is 10.6 Å². The van der Waals surface area contributed by atoms with E-state index in [1.54, 1.807) is 0 Å². The van der Waals surface area contributed by atoms with E-state index in [9.17, 15) is 9.59 Å². The average Bonchev–Trinajstić information content (AvgIpc) is 2.37. The second-order valence-corrected chi connectivity index (χ2v) is 3.62. The van der Waals surface area contributed by atoms with Crippen LogP contribution in [0.3, 0.4) is 0 Å². The maximum absolute atomic E-state index is 11.5. The molecule has 1 heterocycles. The molecule has 7 heteroatoms. The molecule has 1 aromatic heterocycles. The third kappa shape index (κ3) is 5.30. The van der Waals surface area contributed by atoms with Crippen LogP contribution in [0.15, 0.2) is 18.6 Å². The van der Waals surface area contributed by atoms with Crippen LogP contribution in [0.5, 0.6) is 0 Å². The summed E-state index contributed by atoms with van der Waals surface area (Å²) in [6, 6.07) is 0. The number of rotatable bonds is 6. The molecule has 2 N–H and O–H groups in total. The van der Waals surface area contributed by atoms with Crippen LogP contribution in [0.25, 0.3) is 0 Å². The van der Waals surface area contributed by atoms with E-state index in [0.29, 0.717) is 12.3 Å². The summed E-state index contributed by atoms with van der Waals surface area (Å²) >= 11 is 3.97. The third-order valence-electron chi connectivity index (χ3n) is 1.87. The highest BCUT2D eigenvalue weighted by molar-refractivity contribution is 7.80. The molecule has 0 saturated carbocycles. The lowest BCUT2D eigenvalue weighted by Gasteiger charge is -2.04. The molecule has 0 aromatic carbocycles. The van der Waals surface area contributed by atoms with Gasteiger partial charge in [0.1, 0.15) is 5.69 Å². The van der Waals surface area contributed by atoms with Crippen molar-refractivity contribution in [3.63, 3.8) is 0 Å². The van der Waals surface area contributed by atoms with Crippen molar-refractivity contribution in [3.8, 4) is 0 Å². The van der Waals surface area contributed by atoms with Crippen LogP contribution >= 0.6 is 12.6 Å². The molecule has 0 radical (unpaired) electrons. The van der Waals surface area contributed by atoms with Crippen molar-refractivity contribution in [1.29, 1.82) is 0 Å². The van der Waals surface area contributed by atoms with E-state index in [-0.39, 0.29) is 30.5 Å². The first kappa shape index (κ1) is 13.4. The molecule has 0 aliphatic carbocycles. The van der Waals surface area contributed by atoms with Crippen LogP contribution < -0.4 is 10.6 Å². The Morgan fingerprint density at radius 1 is 1.24 bits per heavy atom. The molecule has 0 aliphatic heterocycles. The monoisotopic (exact) mass is 254 g/mol.